The molecule has 3 aromatic heterocycles. The Morgan fingerprint density at radius 1 is 1.00 bits per heavy atom. The van der Waals surface area contributed by atoms with Crippen LogP contribution in [0.4, 0.5) is 0 Å². The van der Waals surface area contributed by atoms with Gasteiger partial charge in [-0.15, -0.1) is 0 Å². The second kappa shape index (κ2) is 10.7. The van der Waals surface area contributed by atoms with Gasteiger partial charge in [-0.2, -0.15) is 0 Å². The minimum atomic E-state index is 0.0656. The zero-order valence-electron chi connectivity index (χ0n) is 22.3. The number of rotatable bonds is 6. The smallest absolute Gasteiger partial charge is 0.167 e. The van der Waals surface area contributed by atoms with Crippen LogP contribution in [-0.2, 0) is 13.0 Å². The minimum absolute atomic E-state index is 0.0656. The zero-order chi connectivity index (χ0) is 26.8. The van der Waals surface area contributed by atoms with Gasteiger partial charge in [0.1, 0.15) is 5.69 Å². The monoisotopic (exact) mass is 514 g/mol. The maximum atomic E-state index is 13.3. The predicted molar refractivity (Wildman–Crippen MR) is 151 cm³/mol. The van der Waals surface area contributed by atoms with Crippen molar-refractivity contribution in [1.29, 1.82) is 0 Å². The van der Waals surface area contributed by atoms with Gasteiger partial charge in [0, 0.05) is 48.4 Å². The van der Waals surface area contributed by atoms with Crippen LogP contribution in [0, 0.1) is 25.7 Å². The minimum Gasteiger partial charge on any atom is -0.306 e. The number of nitrogens with zero attached hydrogens (tertiary/aromatic N) is 6. The number of ketones is 1. The number of carbonyl (C=O) groups excluding carboxylic acids is 1. The summed E-state index contributed by atoms with van der Waals surface area (Å²) >= 11 is 0. The van der Waals surface area contributed by atoms with Crippen molar-refractivity contribution in [1.82, 2.24) is 28.8 Å². The summed E-state index contributed by atoms with van der Waals surface area (Å²) in [5, 5.41) is 0. The number of aryl methyl sites for hydroxylation is 2. The molecule has 7 heteroatoms. The number of aromatic nitrogens is 5. The molecule has 7 nitrogen and oxygen atoms in total. The van der Waals surface area contributed by atoms with Gasteiger partial charge in [-0.3, -0.25) is 19.1 Å². The number of carbonyl (C=O) groups is 1. The van der Waals surface area contributed by atoms with Gasteiger partial charge in [-0.1, -0.05) is 24.1 Å². The summed E-state index contributed by atoms with van der Waals surface area (Å²) in [6.07, 6.45) is 13.8. The van der Waals surface area contributed by atoms with Crippen molar-refractivity contribution < 1.29 is 4.79 Å². The van der Waals surface area contributed by atoms with Crippen molar-refractivity contribution in [3.8, 4) is 17.5 Å². The maximum Gasteiger partial charge on any atom is 0.167 e. The van der Waals surface area contributed by atoms with E-state index in [2.05, 4.69) is 67.6 Å². The molecule has 1 fully saturated rings. The van der Waals surface area contributed by atoms with E-state index in [1.165, 1.54) is 12.8 Å². The molecular formula is C32H30N6O. The molecule has 5 aromatic rings. The highest BCUT2D eigenvalue weighted by Gasteiger charge is 2.14. The van der Waals surface area contributed by atoms with E-state index in [-0.39, 0.29) is 5.78 Å². The average Bonchev–Trinajstić information content (AvgIpc) is 3.70. The van der Waals surface area contributed by atoms with Crippen LogP contribution >= 0.6 is 0 Å². The van der Waals surface area contributed by atoms with Crippen LogP contribution in [0.15, 0.2) is 73.7 Å². The molecule has 0 saturated carbocycles. The van der Waals surface area contributed by atoms with Gasteiger partial charge in [0.15, 0.2) is 11.4 Å². The molecule has 0 spiro atoms. The van der Waals surface area contributed by atoms with E-state index in [0.29, 0.717) is 12.0 Å². The van der Waals surface area contributed by atoms with Gasteiger partial charge in [0.05, 0.1) is 24.4 Å². The van der Waals surface area contributed by atoms with E-state index in [0.717, 1.165) is 64.6 Å². The average molecular weight is 515 g/mol. The summed E-state index contributed by atoms with van der Waals surface area (Å²) in [5.41, 5.74) is 8.24. The Kier molecular flexibility index (Phi) is 6.78. The van der Waals surface area contributed by atoms with Crippen molar-refractivity contribution in [3.05, 3.63) is 113 Å². The molecule has 0 aliphatic carbocycles. The topological polar surface area (TPSA) is 68.3 Å². The first-order chi connectivity index (χ1) is 19.0. The quantitative estimate of drug-likeness (QED) is 0.237. The second-order valence-electron chi connectivity index (χ2n) is 10.3. The van der Waals surface area contributed by atoms with Gasteiger partial charge in [-0.25, -0.2) is 9.97 Å². The lowest BCUT2D eigenvalue weighted by Crippen LogP contribution is -2.18. The lowest BCUT2D eigenvalue weighted by Gasteiger charge is -2.12. The zero-order valence-corrected chi connectivity index (χ0v) is 22.3. The molecule has 0 atom stereocenters. The summed E-state index contributed by atoms with van der Waals surface area (Å²) in [6.45, 7) is 7.25. The van der Waals surface area contributed by atoms with Crippen LogP contribution in [0.1, 0.15) is 56.8 Å². The number of likely N-dealkylation sites (tertiary alicyclic amines) is 1. The third kappa shape index (κ3) is 5.52. The summed E-state index contributed by atoms with van der Waals surface area (Å²) in [7, 11) is 0. The van der Waals surface area contributed by atoms with Crippen molar-refractivity contribution in [2.45, 2.75) is 39.7 Å². The molecule has 6 rings (SSSR count). The highest BCUT2D eigenvalue weighted by molar-refractivity contribution is 5.98. The largest absolute Gasteiger partial charge is 0.306 e. The summed E-state index contributed by atoms with van der Waals surface area (Å²) in [5.74, 6) is 6.50. The fraction of sp³-hybridized carbons (Fsp3) is 0.250. The van der Waals surface area contributed by atoms with Crippen LogP contribution in [0.2, 0.25) is 0 Å². The molecule has 194 valence electrons. The predicted octanol–water partition coefficient (Wildman–Crippen LogP) is 4.95. The Morgan fingerprint density at radius 2 is 1.87 bits per heavy atom. The van der Waals surface area contributed by atoms with Gasteiger partial charge in [0.25, 0.3) is 0 Å². The van der Waals surface area contributed by atoms with Gasteiger partial charge < -0.3 is 4.57 Å². The number of Topliss-reactive ketones (excluding diaryl/α,β-unsaturated/α-hetero) is 1. The van der Waals surface area contributed by atoms with Crippen molar-refractivity contribution in [3.63, 3.8) is 0 Å². The number of fused-ring (bicyclic) bond motifs is 1. The van der Waals surface area contributed by atoms with Crippen LogP contribution in [0.25, 0.3) is 11.3 Å². The van der Waals surface area contributed by atoms with Crippen LogP contribution in [0.3, 0.4) is 0 Å². The first-order valence-electron chi connectivity index (χ1n) is 13.3. The SMILES string of the molecule is Cc1cc(CC(=O)c2ccc(C)c(C#Cc3cnc4cnccn34)c2)cc(-n2cnc(CN3CCCC3)c2)c1. The first kappa shape index (κ1) is 24.8. The molecule has 1 aliphatic heterocycles. The third-order valence-corrected chi connectivity index (χ3v) is 7.21. The molecule has 4 heterocycles. The fourth-order valence-corrected chi connectivity index (χ4v) is 5.13. The second-order valence-corrected chi connectivity index (χ2v) is 10.3. The van der Waals surface area contributed by atoms with Crippen molar-refractivity contribution >= 4 is 11.4 Å². The van der Waals surface area contributed by atoms with E-state index >= 15 is 0 Å². The number of hydrogen-bond acceptors (Lipinski definition) is 5. The molecule has 39 heavy (non-hydrogen) atoms. The Balaban J connectivity index is 1.20. The Morgan fingerprint density at radius 3 is 2.74 bits per heavy atom. The molecular weight excluding hydrogens is 484 g/mol. The normalized spacial score (nSPS) is 13.5. The molecule has 0 radical (unpaired) electrons. The number of imidazole rings is 2. The van der Waals surface area contributed by atoms with Crippen molar-refractivity contribution in [2.75, 3.05) is 13.1 Å². The van der Waals surface area contributed by atoms with Crippen LogP contribution < -0.4 is 0 Å². The van der Waals surface area contributed by atoms with Crippen molar-refractivity contribution in [2.24, 2.45) is 0 Å². The third-order valence-electron chi connectivity index (χ3n) is 7.21. The first-order valence-corrected chi connectivity index (χ1v) is 13.3. The fourth-order valence-electron chi connectivity index (χ4n) is 5.13. The highest BCUT2D eigenvalue weighted by Crippen LogP contribution is 2.19. The van der Waals surface area contributed by atoms with Gasteiger partial charge >= 0.3 is 0 Å². The molecule has 0 amide bonds. The van der Waals surface area contributed by atoms with Crippen LogP contribution in [0.5, 0.6) is 0 Å². The molecule has 2 aromatic carbocycles. The summed E-state index contributed by atoms with van der Waals surface area (Å²) in [4.78, 5) is 28.9. The number of hydrogen-bond donors (Lipinski definition) is 0. The Labute approximate surface area is 228 Å². The summed E-state index contributed by atoms with van der Waals surface area (Å²) in [6, 6.07) is 12.0. The lowest BCUT2D eigenvalue weighted by atomic mass is 9.98. The highest BCUT2D eigenvalue weighted by atomic mass is 16.1. The molecule has 0 N–H and O–H groups in total. The van der Waals surface area contributed by atoms with Crippen LogP contribution in [-0.4, -0.2) is 47.7 Å². The number of benzene rings is 2. The van der Waals surface area contributed by atoms with E-state index in [9.17, 15) is 4.79 Å². The molecule has 0 unspecified atom stereocenters. The van der Waals surface area contributed by atoms with E-state index in [1.54, 1.807) is 18.6 Å². The maximum absolute atomic E-state index is 13.3. The Hall–Kier alpha value is -4.54. The lowest BCUT2D eigenvalue weighted by molar-refractivity contribution is 0.0993. The molecule has 1 saturated heterocycles. The Bertz CT molecular complexity index is 1730. The van der Waals surface area contributed by atoms with E-state index < -0.39 is 0 Å². The molecule has 1 aliphatic rings. The van der Waals surface area contributed by atoms with Gasteiger partial charge in [-0.05, 0) is 80.6 Å². The van der Waals surface area contributed by atoms with E-state index in [1.807, 2.05) is 42.0 Å². The summed E-state index contributed by atoms with van der Waals surface area (Å²) < 4.78 is 3.96. The van der Waals surface area contributed by atoms with Gasteiger partial charge in [0.2, 0.25) is 0 Å². The standard InChI is InChI=1S/C32H30N6O/c1-23-13-25(15-30(14-23)37-21-28(35-22-37)20-36-10-3-4-11-36)16-31(39)27-6-5-24(2)26(17-27)7-8-29-18-34-32-19-33-9-12-38(29)32/h5-6,9,12-15,17-19,21-22H,3-4,10-11,16,20H2,1-2H3. The molecule has 0 bridgehead atoms. The van der Waals surface area contributed by atoms with E-state index in [4.69, 9.17) is 0 Å².